The van der Waals surface area contributed by atoms with Crippen LogP contribution in [0.3, 0.4) is 0 Å². The highest BCUT2D eigenvalue weighted by atomic mass is 16.5. The molecule has 8 heteroatoms. The average Bonchev–Trinajstić information content (AvgIpc) is 3.45. The van der Waals surface area contributed by atoms with Crippen LogP contribution in [0.25, 0.3) is 27.8 Å². The Morgan fingerprint density at radius 1 is 1.03 bits per heavy atom. The molecule has 0 spiro atoms. The van der Waals surface area contributed by atoms with Gasteiger partial charge in [-0.3, -0.25) is 5.43 Å². The van der Waals surface area contributed by atoms with Gasteiger partial charge >= 0.3 is 0 Å². The van der Waals surface area contributed by atoms with Crippen molar-refractivity contribution in [3.63, 3.8) is 0 Å². The van der Waals surface area contributed by atoms with Gasteiger partial charge in [-0.1, -0.05) is 48.5 Å². The van der Waals surface area contributed by atoms with Crippen LogP contribution in [0.15, 0.2) is 71.8 Å². The SMILES string of the molecule is Cc1[nH]c2ccccc2c1/C=N\Nc1cc(N2CCOCC2)n2nc(-c3ccccc3)cc2n1. The van der Waals surface area contributed by atoms with Crippen molar-refractivity contribution in [1.29, 1.82) is 0 Å². The quantitative estimate of drug-likeness (QED) is 0.304. The molecule has 1 saturated heterocycles. The third-order valence-electron chi connectivity index (χ3n) is 6.13. The number of morpholine rings is 1. The third-order valence-corrected chi connectivity index (χ3v) is 6.13. The molecule has 1 fully saturated rings. The number of aromatic amines is 1. The van der Waals surface area contributed by atoms with E-state index in [2.05, 4.69) is 51.6 Å². The Kier molecular flexibility index (Phi) is 5.20. The van der Waals surface area contributed by atoms with E-state index >= 15 is 0 Å². The number of hydrogen-bond acceptors (Lipinski definition) is 6. The number of para-hydroxylation sites is 1. The molecule has 0 radical (unpaired) electrons. The zero-order valence-corrected chi connectivity index (χ0v) is 18.9. The predicted octanol–water partition coefficient (Wildman–Crippen LogP) is 4.47. The molecule has 0 saturated carbocycles. The van der Waals surface area contributed by atoms with E-state index in [9.17, 15) is 0 Å². The van der Waals surface area contributed by atoms with Crippen LogP contribution in [-0.4, -0.2) is 52.1 Å². The van der Waals surface area contributed by atoms with Gasteiger partial charge in [-0.05, 0) is 13.0 Å². The molecule has 0 atom stereocenters. The van der Waals surface area contributed by atoms with Crippen LogP contribution in [-0.2, 0) is 4.74 Å². The Hall–Kier alpha value is -4.17. The maximum Gasteiger partial charge on any atom is 0.160 e. The second-order valence-corrected chi connectivity index (χ2v) is 8.34. The zero-order chi connectivity index (χ0) is 22.9. The monoisotopic (exact) mass is 451 g/mol. The molecular weight excluding hydrogens is 426 g/mol. The maximum absolute atomic E-state index is 5.56. The van der Waals surface area contributed by atoms with Crippen molar-refractivity contribution in [2.45, 2.75) is 6.92 Å². The summed E-state index contributed by atoms with van der Waals surface area (Å²) in [7, 11) is 0. The zero-order valence-electron chi connectivity index (χ0n) is 18.9. The van der Waals surface area contributed by atoms with Gasteiger partial charge in [0.2, 0.25) is 0 Å². The van der Waals surface area contributed by atoms with Gasteiger partial charge in [0.1, 0.15) is 5.82 Å². The Morgan fingerprint density at radius 3 is 2.68 bits per heavy atom. The standard InChI is InChI=1S/C26H25N7O/c1-18-21(20-9-5-6-10-22(20)28-18)17-27-30-24-16-26(32-11-13-34-14-12-32)33-25(29-24)15-23(31-33)19-7-3-2-4-8-19/h2-10,15-17,28H,11-14H2,1H3,(H,29,30)/b27-17-. The maximum atomic E-state index is 5.56. The third kappa shape index (κ3) is 3.78. The van der Waals surface area contributed by atoms with Gasteiger partial charge in [0.15, 0.2) is 11.5 Å². The van der Waals surface area contributed by atoms with E-state index in [-0.39, 0.29) is 0 Å². The number of fused-ring (bicyclic) bond motifs is 2. The highest BCUT2D eigenvalue weighted by Gasteiger charge is 2.18. The Bertz CT molecular complexity index is 1480. The van der Waals surface area contributed by atoms with Gasteiger partial charge in [-0.2, -0.15) is 14.7 Å². The lowest BCUT2D eigenvalue weighted by Gasteiger charge is -2.29. The second-order valence-electron chi connectivity index (χ2n) is 8.34. The van der Waals surface area contributed by atoms with Crippen LogP contribution in [0.2, 0.25) is 0 Å². The first-order chi connectivity index (χ1) is 16.8. The molecule has 4 heterocycles. The van der Waals surface area contributed by atoms with Gasteiger partial charge in [0.25, 0.3) is 0 Å². The van der Waals surface area contributed by atoms with Crippen molar-refractivity contribution in [2.75, 3.05) is 36.6 Å². The van der Waals surface area contributed by atoms with Crippen LogP contribution >= 0.6 is 0 Å². The van der Waals surface area contributed by atoms with Gasteiger partial charge in [-0.25, -0.2) is 4.98 Å². The number of hydrazone groups is 1. The number of H-pyrrole nitrogens is 1. The summed E-state index contributed by atoms with van der Waals surface area (Å²) in [5.74, 6) is 1.64. The van der Waals surface area contributed by atoms with Gasteiger partial charge in [0.05, 0.1) is 25.1 Å². The van der Waals surface area contributed by atoms with Crippen LogP contribution in [0.1, 0.15) is 11.3 Å². The summed E-state index contributed by atoms with van der Waals surface area (Å²) in [6, 6.07) is 22.4. The van der Waals surface area contributed by atoms with E-state index in [4.69, 9.17) is 14.8 Å². The summed E-state index contributed by atoms with van der Waals surface area (Å²) in [5, 5.41) is 10.5. The highest BCUT2D eigenvalue weighted by molar-refractivity contribution is 6.00. The van der Waals surface area contributed by atoms with E-state index in [1.165, 1.54) is 0 Å². The van der Waals surface area contributed by atoms with E-state index in [0.717, 1.165) is 58.0 Å². The largest absolute Gasteiger partial charge is 0.378 e. The van der Waals surface area contributed by atoms with E-state index in [1.807, 2.05) is 53.2 Å². The fraction of sp³-hybridized carbons (Fsp3) is 0.192. The molecule has 0 bridgehead atoms. The number of benzene rings is 2. The summed E-state index contributed by atoms with van der Waals surface area (Å²) in [5.41, 5.74) is 9.09. The lowest BCUT2D eigenvalue weighted by atomic mass is 10.1. The van der Waals surface area contributed by atoms with Gasteiger partial charge in [0, 0.05) is 52.9 Å². The number of anilines is 2. The molecule has 2 N–H and O–H groups in total. The van der Waals surface area contributed by atoms with Crippen LogP contribution in [0.4, 0.5) is 11.6 Å². The van der Waals surface area contributed by atoms with Crippen molar-refractivity contribution in [1.82, 2.24) is 19.6 Å². The summed E-state index contributed by atoms with van der Waals surface area (Å²) >= 11 is 0. The van der Waals surface area contributed by atoms with Gasteiger partial charge < -0.3 is 14.6 Å². The molecule has 1 aliphatic rings. The molecule has 5 aromatic rings. The molecule has 2 aromatic carbocycles. The Balaban J connectivity index is 1.37. The first-order valence-electron chi connectivity index (χ1n) is 11.4. The number of ether oxygens (including phenoxy) is 1. The molecule has 0 aliphatic carbocycles. The van der Waals surface area contributed by atoms with Crippen molar-refractivity contribution >= 4 is 34.4 Å². The molecule has 34 heavy (non-hydrogen) atoms. The lowest BCUT2D eigenvalue weighted by molar-refractivity contribution is 0.122. The molecular formula is C26H25N7O. The summed E-state index contributed by atoms with van der Waals surface area (Å²) in [4.78, 5) is 10.5. The van der Waals surface area contributed by atoms with Crippen LogP contribution < -0.4 is 10.3 Å². The Labute approximate surface area is 196 Å². The van der Waals surface area contributed by atoms with Crippen molar-refractivity contribution in [2.24, 2.45) is 5.10 Å². The summed E-state index contributed by atoms with van der Waals surface area (Å²) in [6.45, 7) is 5.04. The minimum atomic E-state index is 0.669. The minimum absolute atomic E-state index is 0.669. The normalized spacial score (nSPS) is 14.4. The molecule has 1 aliphatic heterocycles. The van der Waals surface area contributed by atoms with Gasteiger partial charge in [-0.15, -0.1) is 0 Å². The number of hydrogen-bond donors (Lipinski definition) is 2. The molecule has 6 rings (SSSR count). The van der Waals surface area contributed by atoms with E-state index in [0.29, 0.717) is 19.0 Å². The summed E-state index contributed by atoms with van der Waals surface area (Å²) in [6.07, 6.45) is 1.85. The fourth-order valence-corrected chi connectivity index (χ4v) is 4.41. The number of nitrogens with one attached hydrogen (secondary N) is 2. The number of nitrogens with zero attached hydrogens (tertiary/aromatic N) is 5. The van der Waals surface area contributed by atoms with Crippen LogP contribution in [0, 0.1) is 6.92 Å². The number of aromatic nitrogens is 4. The average molecular weight is 452 g/mol. The smallest absolute Gasteiger partial charge is 0.160 e. The van der Waals surface area contributed by atoms with Crippen molar-refractivity contribution < 1.29 is 4.74 Å². The Morgan fingerprint density at radius 2 is 1.82 bits per heavy atom. The first kappa shape index (κ1) is 20.4. The lowest BCUT2D eigenvalue weighted by Crippen LogP contribution is -2.37. The van der Waals surface area contributed by atoms with E-state index < -0.39 is 0 Å². The molecule has 0 amide bonds. The second kappa shape index (κ2) is 8.64. The summed E-state index contributed by atoms with van der Waals surface area (Å²) < 4.78 is 7.47. The molecule has 170 valence electrons. The highest BCUT2D eigenvalue weighted by Crippen LogP contribution is 2.26. The van der Waals surface area contributed by atoms with Crippen molar-refractivity contribution in [3.8, 4) is 11.3 Å². The first-order valence-corrected chi connectivity index (χ1v) is 11.4. The molecule has 0 unspecified atom stereocenters. The predicted molar refractivity (Wildman–Crippen MR) is 136 cm³/mol. The fourth-order valence-electron chi connectivity index (χ4n) is 4.41. The van der Waals surface area contributed by atoms with E-state index in [1.54, 1.807) is 0 Å². The minimum Gasteiger partial charge on any atom is -0.378 e. The number of aryl methyl sites for hydroxylation is 1. The van der Waals surface area contributed by atoms with Crippen LogP contribution in [0.5, 0.6) is 0 Å². The molecule has 3 aromatic heterocycles. The van der Waals surface area contributed by atoms with Crippen molar-refractivity contribution in [3.05, 3.63) is 78.0 Å². The molecule has 8 nitrogen and oxygen atoms in total. The number of rotatable bonds is 5. The topological polar surface area (TPSA) is 82.8 Å².